The molecule has 1 aliphatic heterocycles. The van der Waals surface area contributed by atoms with E-state index in [0.29, 0.717) is 18.7 Å². The summed E-state index contributed by atoms with van der Waals surface area (Å²) in [5.74, 6) is 0. The Morgan fingerprint density at radius 3 is 2.67 bits per heavy atom. The lowest BCUT2D eigenvalue weighted by Crippen LogP contribution is -2.50. The number of likely N-dealkylation sites (tertiary alicyclic amines) is 1. The third-order valence-electron chi connectivity index (χ3n) is 4.06. The number of hydrogen-bond acceptors (Lipinski definition) is 4. The molecule has 1 aliphatic rings. The largest absolute Gasteiger partial charge is 0.444 e. The van der Waals surface area contributed by atoms with Gasteiger partial charge in [-0.2, -0.15) is 0 Å². The number of carbonyl (C=O) groups excluding carboxylic acids is 1. The topological polar surface area (TPSA) is 66.3 Å². The summed E-state index contributed by atoms with van der Waals surface area (Å²) >= 11 is 0. The number of aryl methyl sites for hydroxylation is 2. The van der Waals surface area contributed by atoms with Gasteiger partial charge in [0.05, 0.1) is 6.04 Å². The van der Waals surface area contributed by atoms with Crippen LogP contribution in [0.5, 0.6) is 0 Å². The van der Waals surface area contributed by atoms with Crippen molar-refractivity contribution in [1.29, 1.82) is 5.41 Å². The van der Waals surface area contributed by atoms with Crippen LogP contribution in [0.25, 0.3) is 0 Å². The maximum absolute atomic E-state index is 12.5. The Labute approximate surface area is 144 Å². The number of nitrogens with zero attached hydrogens (tertiary/aromatic N) is 2. The van der Waals surface area contributed by atoms with Crippen LogP contribution in [0.1, 0.15) is 57.0 Å². The molecule has 1 aromatic heterocycles. The van der Waals surface area contributed by atoms with Gasteiger partial charge < -0.3 is 10.1 Å². The van der Waals surface area contributed by atoms with Crippen LogP contribution in [0.15, 0.2) is 12.1 Å². The summed E-state index contributed by atoms with van der Waals surface area (Å²) < 4.78 is 5.52. The third kappa shape index (κ3) is 5.05. The van der Waals surface area contributed by atoms with Crippen LogP contribution >= 0.6 is 0 Å². The molecule has 1 saturated heterocycles. The van der Waals surface area contributed by atoms with Crippen LogP contribution in [0.3, 0.4) is 0 Å². The molecule has 1 fully saturated rings. The van der Waals surface area contributed by atoms with Crippen molar-refractivity contribution in [2.45, 2.75) is 71.9 Å². The van der Waals surface area contributed by atoms with E-state index < -0.39 is 5.60 Å². The number of piperidine rings is 1. The van der Waals surface area contributed by atoms with Crippen LogP contribution in [0, 0.1) is 19.3 Å². The van der Waals surface area contributed by atoms with Crippen LogP contribution in [0.2, 0.25) is 0 Å². The van der Waals surface area contributed by atoms with Crippen molar-refractivity contribution < 1.29 is 9.53 Å². The van der Waals surface area contributed by atoms with Gasteiger partial charge in [-0.3, -0.25) is 9.88 Å². The highest BCUT2D eigenvalue weighted by molar-refractivity contribution is 5.91. The first-order chi connectivity index (χ1) is 11.2. The second-order valence-electron chi connectivity index (χ2n) is 7.66. The van der Waals surface area contributed by atoms with Gasteiger partial charge in [0.15, 0.2) is 0 Å². The molecular formula is C19H29N3O2. The van der Waals surface area contributed by atoms with E-state index >= 15 is 0 Å². The van der Waals surface area contributed by atoms with Gasteiger partial charge >= 0.3 is 6.09 Å². The van der Waals surface area contributed by atoms with Gasteiger partial charge in [0.2, 0.25) is 0 Å². The molecule has 0 spiro atoms. The van der Waals surface area contributed by atoms with E-state index in [2.05, 4.69) is 4.98 Å². The number of carbonyl (C=O) groups is 1. The Hall–Kier alpha value is -1.91. The Morgan fingerprint density at radius 2 is 2.04 bits per heavy atom. The summed E-state index contributed by atoms with van der Waals surface area (Å²) in [6, 6.07) is 3.86. The molecule has 132 valence electrons. The minimum absolute atomic E-state index is 0.184. The number of aromatic nitrogens is 1. The molecule has 1 N–H and O–H groups in total. The van der Waals surface area contributed by atoms with Gasteiger partial charge in [-0.1, -0.05) is 0 Å². The Bertz CT molecular complexity index is 599. The van der Waals surface area contributed by atoms with Crippen LogP contribution in [-0.4, -0.2) is 39.9 Å². The lowest BCUT2D eigenvalue weighted by Gasteiger charge is -2.37. The molecular weight excluding hydrogens is 302 g/mol. The summed E-state index contributed by atoms with van der Waals surface area (Å²) in [4.78, 5) is 18.7. The molecule has 1 amide bonds. The number of nitrogens with one attached hydrogen (secondary N) is 1. The minimum Gasteiger partial charge on any atom is -0.444 e. The first-order valence-corrected chi connectivity index (χ1v) is 8.67. The van der Waals surface area contributed by atoms with Gasteiger partial charge in [-0.05, 0) is 71.6 Å². The van der Waals surface area contributed by atoms with Crippen molar-refractivity contribution in [2.75, 3.05) is 6.54 Å². The highest BCUT2D eigenvalue weighted by Gasteiger charge is 2.32. The van der Waals surface area contributed by atoms with Gasteiger partial charge in [-0.25, -0.2) is 4.79 Å². The SMILES string of the molecule is Cc1cc(C)nc(CC(=N)C2CCCCN2C(=O)OC(C)(C)C)c1. The predicted octanol–water partition coefficient (Wildman–Crippen LogP) is 4.05. The highest BCUT2D eigenvalue weighted by atomic mass is 16.6. The second-order valence-corrected chi connectivity index (χ2v) is 7.66. The normalized spacial score (nSPS) is 18.4. The molecule has 2 rings (SSSR count). The quantitative estimate of drug-likeness (QED) is 0.850. The smallest absolute Gasteiger partial charge is 0.410 e. The lowest BCUT2D eigenvalue weighted by molar-refractivity contribution is 0.0165. The first kappa shape index (κ1) is 18.4. The fraction of sp³-hybridized carbons (Fsp3) is 0.632. The molecule has 1 aromatic rings. The molecule has 1 atom stereocenters. The Kier molecular flexibility index (Phi) is 5.62. The fourth-order valence-electron chi connectivity index (χ4n) is 3.16. The van der Waals surface area contributed by atoms with E-state index in [1.54, 1.807) is 4.90 Å². The molecule has 1 unspecified atom stereocenters. The standard InChI is InChI=1S/C19H29N3O2/c1-13-10-14(2)21-15(11-13)12-16(20)17-8-6-7-9-22(17)18(23)24-19(3,4)5/h10-11,17,20H,6-9,12H2,1-5H3. The summed E-state index contributed by atoms with van der Waals surface area (Å²) in [5.41, 5.74) is 3.03. The molecule has 2 heterocycles. The fourth-order valence-corrected chi connectivity index (χ4v) is 3.16. The van der Waals surface area contributed by atoms with E-state index in [9.17, 15) is 4.79 Å². The maximum atomic E-state index is 12.5. The van der Waals surface area contributed by atoms with Gasteiger partial charge in [0.25, 0.3) is 0 Å². The van der Waals surface area contributed by atoms with E-state index in [4.69, 9.17) is 10.1 Å². The monoisotopic (exact) mass is 331 g/mol. The van der Waals surface area contributed by atoms with Crippen molar-refractivity contribution in [2.24, 2.45) is 0 Å². The molecule has 0 bridgehead atoms. The third-order valence-corrected chi connectivity index (χ3v) is 4.06. The maximum Gasteiger partial charge on any atom is 0.410 e. The second kappa shape index (κ2) is 7.32. The summed E-state index contributed by atoms with van der Waals surface area (Å²) in [5, 5.41) is 8.53. The average molecular weight is 331 g/mol. The van der Waals surface area contributed by atoms with Gasteiger partial charge in [0, 0.05) is 30.1 Å². The Balaban J connectivity index is 2.11. The van der Waals surface area contributed by atoms with Crippen molar-refractivity contribution in [3.05, 3.63) is 29.1 Å². The zero-order valence-electron chi connectivity index (χ0n) is 15.5. The molecule has 0 aromatic carbocycles. The molecule has 24 heavy (non-hydrogen) atoms. The zero-order valence-corrected chi connectivity index (χ0v) is 15.5. The predicted molar refractivity (Wildman–Crippen MR) is 95.7 cm³/mol. The highest BCUT2D eigenvalue weighted by Crippen LogP contribution is 2.22. The lowest BCUT2D eigenvalue weighted by atomic mass is 9.95. The minimum atomic E-state index is -0.517. The summed E-state index contributed by atoms with van der Waals surface area (Å²) in [7, 11) is 0. The average Bonchev–Trinajstić information content (AvgIpc) is 2.44. The van der Waals surface area contributed by atoms with Gasteiger partial charge in [-0.15, -0.1) is 0 Å². The number of rotatable bonds is 3. The van der Waals surface area contributed by atoms with E-state index in [1.807, 2.05) is 46.8 Å². The number of ether oxygens (including phenoxy) is 1. The molecule has 0 aliphatic carbocycles. The summed E-state index contributed by atoms with van der Waals surface area (Å²) in [6.07, 6.45) is 2.98. The number of pyridine rings is 1. The zero-order chi connectivity index (χ0) is 17.9. The number of amides is 1. The Morgan fingerprint density at radius 1 is 1.33 bits per heavy atom. The van der Waals surface area contributed by atoms with E-state index in [1.165, 1.54) is 0 Å². The van der Waals surface area contributed by atoms with Crippen molar-refractivity contribution in [1.82, 2.24) is 9.88 Å². The van der Waals surface area contributed by atoms with Crippen LogP contribution in [0.4, 0.5) is 4.79 Å². The van der Waals surface area contributed by atoms with Crippen molar-refractivity contribution >= 4 is 11.8 Å². The van der Waals surface area contributed by atoms with Gasteiger partial charge in [0.1, 0.15) is 5.60 Å². The van der Waals surface area contributed by atoms with E-state index in [-0.39, 0.29) is 12.1 Å². The molecule has 5 heteroatoms. The van der Waals surface area contributed by atoms with Crippen LogP contribution < -0.4 is 0 Å². The van der Waals surface area contributed by atoms with Crippen molar-refractivity contribution in [3.8, 4) is 0 Å². The van der Waals surface area contributed by atoms with Crippen molar-refractivity contribution in [3.63, 3.8) is 0 Å². The molecule has 0 saturated carbocycles. The summed E-state index contributed by atoms with van der Waals surface area (Å²) in [6.45, 7) is 10.3. The number of hydrogen-bond donors (Lipinski definition) is 1. The molecule has 5 nitrogen and oxygen atoms in total. The molecule has 0 radical (unpaired) electrons. The first-order valence-electron chi connectivity index (χ1n) is 8.67. The van der Waals surface area contributed by atoms with E-state index in [0.717, 1.165) is 36.2 Å². The van der Waals surface area contributed by atoms with Crippen LogP contribution in [-0.2, 0) is 11.2 Å².